The fraction of sp³-hybridized carbons (Fsp3) is 0.684. The van der Waals surface area contributed by atoms with Crippen molar-refractivity contribution in [1.82, 2.24) is 20.9 Å². The quantitative estimate of drug-likeness (QED) is 0.351. The standard InChI is InChI=1S/C19H30N4O5/c1-13(24)21-16(11-18(26)27)22-19(28)15-3-2-10-23(12-15)17(25)5-4-14-6-8-20-9-7-14/h4-5,14-16,20H,2-3,6-12H2,1H3,(H,21,24)(H,22,28)(H,26,27)/b5-4+/t15-,16+/m1/s1. The molecule has 0 aliphatic carbocycles. The monoisotopic (exact) mass is 394 g/mol. The average molecular weight is 394 g/mol. The van der Waals surface area contributed by atoms with Gasteiger partial charge in [0.25, 0.3) is 0 Å². The zero-order chi connectivity index (χ0) is 20.5. The molecule has 0 saturated carbocycles. The second-order valence-electron chi connectivity index (χ2n) is 7.43. The predicted molar refractivity (Wildman–Crippen MR) is 102 cm³/mol. The summed E-state index contributed by atoms with van der Waals surface area (Å²) in [6.45, 7) is 4.07. The zero-order valence-corrected chi connectivity index (χ0v) is 16.3. The number of carboxylic acid groups (broad SMARTS) is 1. The molecule has 0 bridgehead atoms. The number of nitrogens with one attached hydrogen (secondary N) is 3. The molecule has 0 aromatic heterocycles. The molecule has 0 radical (unpaired) electrons. The summed E-state index contributed by atoms with van der Waals surface area (Å²) in [5.41, 5.74) is 0. The van der Waals surface area contributed by atoms with Crippen molar-refractivity contribution in [3.8, 4) is 0 Å². The maximum Gasteiger partial charge on any atom is 0.307 e. The van der Waals surface area contributed by atoms with E-state index in [0.29, 0.717) is 31.8 Å². The molecule has 0 aromatic rings. The Morgan fingerprint density at radius 3 is 2.54 bits per heavy atom. The van der Waals surface area contributed by atoms with Gasteiger partial charge in [0.2, 0.25) is 17.7 Å². The first-order chi connectivity index (χ1) is 13.3. The third kappa shape index (κ3) is 7.30. The lowest BCUT2D eigenvalue weighted by atomic mass is 9.96. The van der Waals surface area contributed by atoms with Gasteiger partial charge < -0.3 is 26.0 Å². The van der Waals surface area contributed by atoms with Crippen LogP contribution in [0.15, 0.2) is 12.2 Å². The van der Waals surface area contributed by atoms with Gasteiger partial charge >= 0.3 is 5.97 Å². The largest absolute Gasteiger partial charge is 0.481 e. The summed E-state index contributed by atoms with van der Waals surface area (Å²) in [6.07, 6.45) is 5.56. The maximum atomic E-state index is 12.5. The molecule has 2 fully saturated rings. The molecule has 2 atom stereocenters. The first kappa shape index (κ1) is 21.9. The lowest BCUT2D eigenvalue weighted by molar-refractivity contribution is -0.138. The molecule has 4 N–H and O–H groups in total. The van der Waals surface area contributed by atoms with Crippen LogP contribution >= 0.6 is 0 Å². The Labute approximate surface area is 164 Å². The normalized spacial score (nSPS) is 21.9. The number of piperidine rings is 2. The SMILES string of the molecule is CC(=O)N[C@H](CC(=O)O)NC(=O)[C@@H]1CCCN(C(=O)/C=C/C2CCNCC2)C1. The van der Waals surface area contributed by atoms with Gasteiger partial charge in [-0.3, -0.25) is 19.2 Å². The van der Waals surface area contributed by atoms with E-state index in [0.717, 1.165) is 25.9 Å². The van der Waals surface area contributed by atoms with Gasteiger partial charge in [0, 0.05) is 20.0 Å². The van der Waals surface area contributed by atoms with E-state index in [-0.39, 0.29) is 11.8 Å². The van der Waals surface area contributed by atoms with Crippen LogP contribution < -0.4 is 16.0 Å². The van der Waals surface area contributed by atoms with Crippen molar-refractivity contribution < 1.29 is 24.3 Å². The lowest BCUT2D eigenvalue weighted by Crippen LogP contribution is -2.52. The zero-order valence-electron chi connectivity index (χ0n) is 16.3. The van der Waals surface area contributed by atoms with Crippen LogP contribution in [0, 0.1) is 11.8 Å². The highest BCUT2D eigenvalue weighted by Gasteiger charge is 2.29. The Morgan fingerprint density at radius 1 is 1.18 bits per heavy atom. The molecular weight excluding hydrogens is 364 g/mol. The van der Waals surface area contributed by atoms with Gasteiger partial charge in [-0.15, -0.1) is 0 Å². The molecule has 2 rings (SSSR count). The van der Waals surface area contributed by atoms with Crippen LogP contribution in [-0.2, 0) is 19.2 Å². The number of rotatable bonds is 7. The van der Waals surface area contributed by atoms with Crippen LogP contribution in [0.2, 0.25) is 0 Å². The van der Waals surface area contributed by atoms with E-state index in [1.807, 2.05) is 6.08 Å². The van der Waals surface area contributed by atoms with Gasteiger partial charge in [-0.05, 0) is 50.8 Å². The molecule has 0 aromatic carbocycles. The summed E-state index contributed by atoms with van der Waals surface area (Å²) in [5.74, 6) is -2.00. The predicted octanol–water partition coefficient (Wildman–Crippen LogP) is -0.166. The summed E-state index contributed by atoms with van der Waals surface area (Å²) in [6, 6.07) is 0. The molecule has 2 aliphatic heterocycles. The first-order valence-electron chi connectivity index (χ1n) is 9.82. The number of carbonyl (C=O) groups is 4. The third-order valence-corrected chi connectivity index (χ3v) is 5.07. The molecule has 2 aliphatic rings. The average Bonchev–Trinajstić information content (AvgIpc) is 2.66. The molecule has 2 heterocycles. The van der Waals surface area contributed by atoms with Crippen LogP contribution in [0.1, 0.15) is 39.0 Å². The Bertz CT molecular complexity index is 599. The van der Waals surface area contributed by atoms with Gasteiger partial charge in [-0.2, -0.15) is 0 Å². The number of allylic oxidation sites excluding steroid dienone is 1. The number of carbonyl (C=O) groups excluding carboxylic acids is 3. The Balaban J connectivity index is 1.88. The smallest absolute Gasteiger partial charge is 0.307 e. The van der Waals surface area contributed by atoms with Crippen molar-refractivity contribution in [3.05, 3.63) is 12.2 Å². The summed E-state index contributed by atoms with van der Waals surface area (Å²) in [7, 11) is 0. The number of nitrogens with zero attached hydrogens (tertiary/aromatic N) is 1. The van der Waals surface area contributed by atoms with E-state index >= 15 is 0 Å². The van der Waals surface area contributed by atoms with Gasteiger partial charge in [0.1, 0.15) is 6.17 Å². The minimum atomic E-state index is -1.12. The topological polar surface area (TPSA) is 128 Å². The van der Waals surface area contributed by atoms with E-state index in [2.05, 4.69) is 16.0 Å². The maximum absolute atomic E-state index is 12.5. The molecule has 0 spiro atoms. The second kappa shape index (κ2) is 10.8. The number of aliphatic carboxylic acids is 1. The second-order valence-corrected chi connectivity index (χ2v) is 7.43. The molecule has 28 heavy (non-hydrogen) atoms. The van der Waals surface area contributed by atoms with Crippen molar-refractivity contribution in [1.29, 1.82) is 0 Å². The van der Waals surface area contributed by atoms with E-state index in [1.54, 1.807) is 11.0 Å². The van der Waals surface area contributed by atoms with Crippen molar-refractivity contribution >= 4 is 23.7 Å². The first-order valence-corrected chi connectivity index (χ1v) is 9.82. The summed E-state index contributed by atoms with van der Waals surface area (Å²) in [5, 5.41) is 17.2. The summed E-state index contributed by atoms with van der Waals surface area (Å²) >= 11 is 0. The molecular formula is C19H30N4O5. The molecule has 156 valence electrons. The van der Waals surface area contributed by atoms with Gasteiger partial charge in [0.05, 0.1) is 12.3 Å². The Morgan fingerprint density at radius 2 is 1.89 bits per heavy atom. The number of hydrogen-bond donors (Lipinski definition) is 4. The van der Waals surface area contributed by atoms with Gasteiger partial charge in [-0.25, -0.2) is 0 Å². The van der Waals surface area contributed by atoms with Crippen LogP contribution in [0.4, 0.5) is 0 Å². The van der Waals surface area contributed by atoms with E-state index in [4.69, 9.17) is 5.11 Å². The van der Waals surface area contributed by atoms with Crippen molar-refractivity contribution in [2.45, 2.75) is 45.2 Å². The van der Waals surface area contributed by atoms with Gasteiger partial charge in [0.15, 0.2) is 0 Å². The van der Waals surface area contributed by atoms with Crippen LogP contribution in [0.25, 0.3) is 0 Å². The van der Waals surface area contributed by atoms with E-state index in [1.165, 1.54) is 6.92 Å². The van der Waals surface area contributed by atoms with Crippen molar-refractivity contribution in [2.75, 3.05) is 26.2 Å². The highest BCUT2D eigenvalue weighted by Crippen LogP contribution is 2.18. The molecule has 9 heteroatoms. The highest BCUT2D eigenvalue weighted by molar-refractivity contribution is 5.88. The summed E-state index contributed by atoms with van der Waals surface area (Å²) in [4.78, 5) is 48.8. The number of hydrogen-bond acceptors (Lipinski definition) is 5. The third-order valence-electron chi connectivity index (χ3n) is 5.07. The van der Waals surface area contributed by atoms with Crippen LogP contribution in [-0.4, -0.2) is 66.0 Å². The fourth-order valence-corrected chi connectivity index (χ4v) is 3.60. The lowest BCUT2D eigenvalue weighted by Gasteiger charge is -2.32. The molecule has 3 amide bonds. The number of amides is 3. The summed E-state index contributed by atoms with van der Waals surface area (Å²) < 4.78 is 0. The van der Waals surface area contributed by atoms with E-state index in [9.17, 15) is 19.2 Å². The Hall–Kier alpha value is -2.42. The number of likely N-dealkylation sites (tertiary alicyclic amines) is 1. The molecule has 2 saturated heterocycles. The molecule has 0 unspecified atom stereocenters. The minimum absolute atomic E-state index is 0.0972. The van der Waals surface area contributed by atoms with Crippen LogP contribution in [0.5, 0.6) is 0 Å². The van der Waals surface area contributed by atoms with Crippen molar-refractivity contribution in [3.63, 3.8) is 0 Å². The minimum Gasteiger partial charge on any atom is -0.481 e. The van der Waals surface area contributed by atoms with Gasteiger partial charge in [-0.1, -0.05) is 6.08 Å². The molecule has 9 nitrogen and oxygen atoms in total. The number of carboxylic acids is 1. The van der Waals surface area contributed by atoms with Crippen LogP contribution in [0.3, 0.4) is 0 Å². The van der Waals surface area contributed by atoms with Crippen molar-refractivity contribution in [2.24, 2.45) is 11.8 Å². The highest BCUT2D eigenvalue weighted by atomic mass is 16.4. The Kier molecular flexibility index (Phi) is 8.43. The van der Waals surface area contributed by atoms with E-state index < -0.39 is 30.4 Å². The fourth-order valence-electron chi connectivity index (χ4n) is 3.60.